The third-order valence-corrected chi connectivity index (χ3v) is 4.75. The highest BCUT2D eigenvalue weighted by molar-refractivity contribution is 7.99. The molecule has 2 heterocycles. The van der Waals surface area contributed by atoms with Gasteiger partial charge in [-0.15, -0.1) is 11.8 Å². The molecule has 0 spiro atoms. The van der Waals surface area contributed by atoms with Crippen LogP contribution < -0.4 is 10.1 Å². The lowest BCUT2D eigenvalue weighted by molar-refractivity contribution is 0.328. The van der Waals surface area contributed by atoms with E-state index in [1.807, 2.05) is 36.9 Å². The van der Waals surface area contributed by atoms with Crippen molar-refractivity contribution in [1.29, 1.82) is 0 Å². The first-order valence-electron chi connectivity index (χ1n) is 7.04. The molecule has 0 fully saturated rings. The number of benzene rings is 1. The van der Waals surface area contributed by atoms with Crippen LogP contribution >= 0.6 is 23.4 Å². The molecule has 5 heteroatoms. The Hall–Kier alpha value is -1.39. The highest BCUT2D eigenvalue weighted by Crippen LogP contribution is 2.40. The Morgan fingerprint density at radius 2 is 2.33 bits per heavy atom. The van der Waals surface area contributed by atoms with Gasteiger partial charge in [-0.05, 0) is 49.2 Å². The SMILES string of the molecule is CCOc1ncccc1NC1CCSc2ccc(Cl)cc21. The van der Waals surface area contributed by atoms with Gasteiger partial charge in [-0.2, -0.15) is 0 Å². The first-order chi connectivity index (χ1) is 10.3. The predicted octanol–water partition coefficient (Wildman–Crippen LogP) is 4.78. The molecular weight excluding hydrogens is 304 g/mol. The van der Waals surface area contributed by atoms with Crippen LogP contribution in [0.4, 0.5) is 5.69 Å². The van der Waals surface area contributed by atoms with Crippen LogP contribution in [0, 0.1) is 0 Å². The van der Waals surface area contributed by atoms with E-state index in [-0.39, 0.29) is 6.04 Å². The number of halogens is 1. The van der Waals surface area contributed by atoms with E-state index in [9.17, 15) is 0 Å². The number of nitrogens with zero attached hydrogens (tertiary/aromatic N) is 1. The van der Waals surface area contributed by atoms with Gasteiger partial charge < -0.3 is 10.1 Å². The Labute approximate surface area is 134 Å². The fourth-order valence-corrected chi connectivity index (χ4v) is 3.74. The monoisotopic (exact) mass is 320 g/mol. The van der Waals surface area contributed by atoms with Gasteiger partial charge in [0, 0.05) is 21.9 Å². The van der Waals surface area contributed by atoms with Gasteiger partial charge in [-0.25, -0.2) is 4.98 Å². The van der Waals surface area contributed by atoms with Crippen LogP contribution in [0.3, 0.4) is 0 Å². The normalized spacial score (nSPS) is 17.1. The summed E-state index contributed by atoms with van der Waals surface area (Å²) < 4.78 is 5.59. The maximum Gasteiger partial charge on any atom is 0.237 e. The minimum absolute atomic E-state index is 0.239. The quantitative estimate of drug-likeness (QED) is 0.879. The second-order valence-corrected chi connectivity index (χ2v) is 6.38. The molecule has 1 aromatic heterocycles. The molecule has 3 rings (SSSR count). The molecule has 0 aliphatic carbocycles. The zero-order chi connectivity index (χ0) is 14.7. The second kappa shape index (κ2) is 6.58. The van der Waals surface area contributed by atoms with Gasteiger partial charge in [-0.1, -0.05) is 11.6 Å². The average Bonchev–Trinajstić information content (AvgIpc) is 2.50. The molecule has 0 bridgehead atoms. The number of anilines is 1. The number of pyridine rings is 1. The minimum Gasteiger partial charge on any atom is -0.476 e. The smallest absolute Gasteiger partial charge is 0.237 e. The number of ether oxygens (including phenoxy) is 1. The molecule has 0 saturated carbocycles. The van der Waals surface area contributed by atoms with Gasteiger partial charge in [0.15, 0.2) is 0 Å². The molecule has 1 aromatic carbocycles. The summed E-state index contributed by atoms with van der Waals surface area (Å²) in [6.07, 6.45) is 2.80. The number of rotatable bonds is 4. The summed E-state index contributed by atoms with van der Waals surface area (Å²) in [6, 6.07) is 10.3. The van der Waals surface area contributed by atoms with Crippen LogP contribution in [0.15, 0.2) is 41.4 Å². The first-order valence-corrected chi connectivity index (χ1v) is 8.41. The topological polar surface area (TPSA) is 34.1 Å². The predicted molar refractivity (Wildman–Crippen MR) is 88.6 cm³/mol. The van der Waals surface area contributed by atoms with Crippen LogP contribution in [0.2, 0.25) is 5.02 Å². The molecule has 1 aliphatic rings. The average molecular weight is 321 g/mol. The molecule has 3 nitrogen and oxygen atoms in total. The Bertz CT molecular complexity index is 635. The number of aromatic nitrogens is 1. The zero-order valence-corrected chi connectivity index (χ0v) is 13.4. The Kier molecular flexibility index (Phi) is 4.56. The summed E-state index contributed by atoms with van der Waals surface area (Å²) in [5.74, 6) is 1.75. The molecule has 1 unspecified atom stereocenters. The number of nitrogens with one attached hydrogen (secondary N) is 1. The van der Waals surface area contributed by atoms with Crippen LogP contribution in [-0.2, 0) is 0 Å². The van der Waals surface area contributed by atoms with E-state index >= 15 is 0 Å². The van der Waals surface area contributed by atoms with E-state index in [4.69, 9.17) is 16.3 Å². The molecular formula is C16H17ClN2OS. The van der Waals surface area contributed by atoms with Gasteiger partial charge in [0.25, 0.3) is 0 Å². The van der Waals surface area contributed by atoms with Crippen molar-refractivity contribution in [1.82, 2.24) is 4.98 Å². The number of hydrogen-bond donors (Lipinski definition) is 1. The van der Waals surface area contributed by atoms with Crippen molar-refractivity contribution in [3.8, 4) is 5.88 Å². The Morgan fingerprint density at radius 3 is 3.19 bits per heavy atom. The summed E-state index contributed by atoms with van der Waals surface area (Å²) >= 11 is 8.03. The van der Waals surface area contributed by atoms with E-state index in [1.165, 1.54) is 10.5 Å². The third kappa shape index (κ3) is 3.27. The molecule has 0 amide bonds. The van der Waals surface area contributed by atoms with Crippen LogP contribution in [0.5, 0.6) is 5.88 Å². The number of fused-ring (bicyclic) bond motifs is 1. The van der Waals surface area contributed by atoms with Crippen molar-refractivity contribution in [3.05, 3.63) is 47.1 Å². The summed E-state index contributed by atoms with van der Waals surface area (Å²) in [4.78, 5) is 5.59. The molecule has 2 aromatic rings. The van der Waals surface area contributed by atoms with Crippen molar-refractivity contribution in [3.63, 3.8) is 0 Å². The molecule has 1 N–H and O–H groups in total. The summed E-state index contributed by atoms with van der Waals surface area (Å²) in [7, 11) is 0. The highest BCUT2D eigenvalue weighted by Gasteiger charge is 2.22. The standard InChI is InChI=1S/C16H17ClN2OS/c1-2-20-16-14(4-3-8-18-16)19-13-7-9-21-15-6-5-11(17)10-12(13)15/h3-6,8,10,13,19H,2,7,9H2,1H3. The largest absolute Gasteiger partial charge is 0.476 e. The molecule has 1 atom stereocenters. The summed E-state index contributed by atoms with van der Waals surface area (Å²) in [5, 5.41) is 4.34. The lowest BCUT2D eigenvalue weighted by atomic mass is 10.0. The van der Waals surface area contributed by atoms with Crippen molar-refractivity contribution < 1.29 is 4.74 Å². The maximum atomic E-state index is 6.15. The van der Waals surface area contributed by atoms with Crippen molar-refractivity contribution in [2.75, 3.05) is 17.7 Å². The summed E-state index contributed by atoms with van der Waals surface area (Å²) in [6.45, 7) is 2.57. The van der Waals surface area contributed by atoms with Gasteiger partial charge in [0.1, 0.15) is 0 Å². The molecule has 0 saturated heterocycles. The lowest BCUT2D eigenvalue weighted by Crippen LogP contribution is -2.17. The maximum absolute atomic E-state index is 6.15. The van der Waals surface area contributed by atoms with E-state index in [0.29, 0.717) is 12.5 Å². The van der Waals surface area contributed by atoms with Gasteiger partial charge in [0.2, 0.25) is 5.88 Å². The van der Waals surface area contributed by atoms with E-state index < -0.39 is 0 Å². The number of thioether (sulfide) groups is 1. The molecule has 110 valence electrons. The third-order valence-electron chi connectivity index (χ3n) is 3.39. The highest BCUT2D eigenvalue weighted by atomic mass is 35.5. The van der Waals surface area contributed by atoms with Gasteiger partial charge >= 0.3 is 0 Å². The molecule has 0 radical (unpaired) electrons. The summed E-state index contributed by atoms with van der Waals surface area (Å²) in [5.41, 5.74) is 2.19. The van der Waals surface area contributed by atoms with Gasteiger partial charge in [0.05, 0.1) is 18.3 Å². The van der Waals surface area contributed by atoms with E-state index in [2.05, 4.69) is 22.4 Å². The minimum atomic E-state index is 0.239. The second-order valence-electron chi connectivity index (χ2n) is 4.81. The Balaban J connectivity index is 1.88. The fraction of sp³-hybridized carbons (Fsp3) is 0.312. The van der Waals surface area contributed by atoms with Crippen molar-refractivity contribution in [2.45, 2.75) is 24.3 Å². The first kappa shape index (κ1) is 14.5. The lowest BCUT2D eigenvalue weighted by Gasteiger charge is -2.27. The van der Waals surface area contributed by atoms with Crippen molar-refractivity contribution in [2.24, 2.45) is 0 Å². The van der Waals surface area contributed by atoms with E-state index in [1.54, 1.807) is 6.20 Å². The van der Waals surface area contributed by atoms with Gasteiger partial charge in [-0.3, -0.25) is 0 Å². The number of hydrogen-bond acceptors (Lipinski definition) is 4. The van der Waals surface area contributed by atoms with Crippen LogP contribution in [0.1, 0.15) is 24.9 Å². The Morgan fingerprint density at radius 1 is 1.43 bits per heavy atom. The molecule has 1 aliphatic heterocycles. The van der Waals surface area contributed by atoms with E-state index in [0.717, 1.165) is 22.9 Å². The molecule has 21 heavy (non-hydrogen) atoms. The van der Waals surface area contributed by atoms with Crippen LogP contribution in [0.25, 0.3) is 0 Å². The zero-order valence-electron chi connectivity index (χ0n) is 11.8. The van der Waals surface area contributed by atoms with Crippen molar-refractivity contribution >= 4 is 29.1 Å². The van der Waals surface area contributed by atoms with Crippen LogP contribution in [-0.4, -0.2) is 17.3 Å². The fourth-order valence-electron chi connectivity index (χ4n) is 2.46.